The van der Waals surface area contributed by atoms with Crippen LogP contribution >= 0.6 is 11.6 Å². The van der Waals surface area contributed by atoms with Crippen LogP contribution in [0.15, 0.2) is 23.2 Å². The van der Waals surface area contributed by atoms with Gasteiger partial charge < -0.3 is 10.5 Å². The summed E-state index contributed by atoms with van der Waals surface area (Å²) >= 11 is 6.19. The van der Waals surface area contributed by atoms with E-state index in [-0.39, 0.29) is 12.4 Å². The monoisotopic (exact) mass is 277 g/mol. The van der Waals surface area contributed by atoms with E-state index in [0.717, 1.165) is 0 Å². The molecule has 0 fully saturated rings. The molecule has 2 rings (SSSR count). The smallest absolute Gasteiger partial charge is 0.346 e. The molecule has 2 N–H and O–H groups in total. The molecule has 1 unspecified atom stereocenters. The van der Waals surface area contributed by atoms with Crippen molar-refractivity contribution >= 4 is 23.5 Å². The number of terminal acetylenes is 1. The highest BCUT2D eigenvalue weighted by Gasteiger charge is 2.37. The number of nitrogens with two attached hydrogens (primary N) is 1. The van der Waals surface area contributed by atoms with Crippen LogP contribution in [0.25, 0.3) is 0 Å². The third-order valence-electron chi connectivity index (χ3n) is 2.83. The van der Waals surface area contributed by atoms with Gasteiger partial charge in [-0.3, -0.25) is 4.90 Å². The molecule has 6 heteroatoms. The normalized spacial score (nSPS) is 18.2. The summed E-state index contributed by atoms with van der Waals surface area (Å²) in [5, 5.41) is 0.444. The van der Waals surface area contributed by atoms with E-state index in [0.29, 0.717) is 16.3 Å². The van der Waals surface area contributed by atoms with Crippen LogP contribution in [-0.4, -0.2) is 30.4 Å². The van der Waals surface area contributed by atoms with Crippen LogP contribution in [0.5, 0.6) is 5.75 Å². The van der Waals surface area contributed by atoms with Crippen LogP contribution in [-0.2, 0) is 0 Å². The van der Waals surface area contributed by atoms with Gasteiger partial charge >= 0.3 is 6.03 Å². The van der Waals surface area contributed by atoms with Crippen LogP contribution in [0, 0.1) is 12.3 Å². The first-order valence-electron chi connectivity index (χ1n) is 5.50. The number of hydrogen-bond acceptors (Lipinski definition) is 3. The van der Waals surface area contributed by atoms with E-state index in [4.69, 9.17) is 28.5 Å². The second kappa shape index (κ2) is 5.21. The Bertz CT molecular complexity index is 592. The van der Waals surface area contributed by atoms with Crippen molar-refractivity contribution in [3.05, 3.63) is 28.8 Å². The molecule has 2 amide bonds. The fourth-order valence-electron chi connectivity index (χ4n) is 2.03. The molecule has 1 aliphatic heterocycles. The molecule has 1 heterocycles. The molecule has 1 aliphatic rings. The van der Waals surface area contributed by atoms with Gasteiger partial charge in [-0.25, -0.2) is 4.79 Å². The van der Waals surface area contributed by atoms with E-state index in [1.165, 1.54) is 12.0 Å². The number of urea groups is 1. The van der Waals surface area contributed by atoms with Crippen LogP contribution in [0.2, 0.25) is 5.02 Å². The zero-order valence-corrected chi connectivity index (χ0v) is 11.0. The van der Waals surface area contributed by atoms with Crippen molar-refractivity contribution < 1.29 is 9.53 Å². The number of halogens is 1. The molecule has 0 radical (unpaired) electrons. The fourth-order valence-corrected chi connectivity index (χ4v) is 2.30. The van der Waals surface area contributed by atoms with E-state index in [1.807, 2.05) is 0 Å². The van der Waals surface area contributed by atoms with Crippen molar-refractivity contribution in [3.8, 4) is 18.1 Å². The Morgan fingerprint density at radius 1 is 1.63 bits per heavy atom. The Hall–Kier alpha value is -2.19. The summed E-state index contributed by atoms with van der Waals surface area (Å²) in [6.07, 6.45) is 5.27. The van der Waals surface area contributed by atoms with Gasteiger partial charge in [-0.15, -0.1) is 6.42 Å². The van der Waals surface area contributed by atoms with Crippen LogP contribution in [0.1, 0.15) is 11.6 Å². The number of amidine groups is 1. The number of ether oxygens (including phenoxy) is 1. The predicted molar refractivity (Wildman–Crippen MR) is 73.3 cm³/mol. The van der Waals surface area contributed by atoms with E-state index in [1.54, 1.807) is 18.2 Å². The van der Waals surface area contributed by atoms with Gasteiger partial charge in [0.25, 0.3) is 0 Å². The lowest BCUT2D eigenvalue weighted by atomic mass is 10.0. The number of aliphatic imine (C=N–C) groups is 1. The molecule has 0 saturated carbocycles. The minimum Gasteiger partial charge on any atom is -0.496 e. The number of nitrogens with zero attached hydrogens (tertiary/aromatic N) is 2. The average molecular weight is 278 g/mol. The molecule has 0 aliphatic carbocycles. The molecule has 0 aromatic heterocycles. The third kappa shape index (κ3) is 2.23. The second-order valence-electron chi connectivity index (χ2n) is 3.91. The first-order valence-corrected chi connectivity index (χ1v) is 5.88. The van der Waals surface area contributed by atoms with Gasteiger partial charge in [-0.05, 0) is 12.1 Å². The highest BCUT2D eigenvalue weighted by Crippen LogP contribution is 2.37. The van der Waals surface area contributed by atoms with Gasteiger partial charge in [0.1, 0.15) is 17.6 Å². The zero-order valence-electron chi connectivity index (χ0n) is 10.3. The predicted octanol–water partition coefficient (Wildman–Crippen LogP) is 1.82. The van der Waals surface area contributed by atoms with Crippen molar-refractivity contribution in [2.75, 3.05) is 13.7 Å². The van der Waals surface area contributed by atoms with Gasteiger partial charge in [0.15, 0.2) is 0 Å². The number of amides is 2. The molecule has 19 heavy (non-hydrogen) atoms. The van der Waals surface area contributed by atoms with E-state index >= 15 is 0 Å². The minimum absolute atomic E-state index is 0.0993. The Kier molecular flexibility index (Phi) is 3.63. The zero-order chi connectivity index (χ0) is 14.0. The quantitative estimate of drug-likeness (QED) is 0.857. The maximum Gasteiger partial charge on any atom is 0.346 e. The van der Waals surface area contributed by atoms with Crippen molar-refractivity contribution in [2.24, 2.45) is 10.7 Å². The Morgan fingerprint density at radius 2 is 2.37 bits per heavy atom. The lowest BCUT2D eigenvalue weighted by molar-refractivity contribution is 0.213. The highest BCUT2D eigenvalue weighted by atomic mass is 35.5. The van der Waals surface area contributed by atoms with E-state index in [9.17, 15) is 4.79 Å². The summed E-state index contributed by atoms with van der Waals surface area (Å²) in [5.74, 6) is 3.10. The van der Waals surface area contributed by atoms with E-state index < -0.39 is 12.1 Å². The van der Waals surface area contributed by atoms with Gasteiger partial charge in [0.05, 0.1) is 18.7 Å². The molecular weight excluding hydrogens is 266 g/mol. The Labute approximate surface area is 116 Å². The number of carbonyl (C=O) groups is 1. The Balaban J connectivity index is 2.54. The Morgan fingerprint density at radius 3 is 3.00 bits per heavy atom. The largest absolute Gasteiger partial charge is 0.496 e. The van der Waals surface area contributed by atoms with Crippen molar-refractivity contribution in [1.82, 2.24) is 4.90 Å². The maximum absolute atomic E-state index is 11.7. The van der Waals surface area contributed by atoms with Gasteiger partial charge in [0, 0.05) is 5.56 Å². The van der Waals surface area contributed by atoms with Crippen LogP contribution in [0.4, 0.5) is 4.79 Å². The first-order chi connectivity index (χ1) is 9.10. The van der Waals surface area contributed by atoms with Gasteiger partial charge in [-0.1, -0.05) is 23.6 Å². The summed E-state index contributed by atoms with van der Waals surface area (Å²) in [4.78, 5) is 16.9. The summed E-state index contributed by atoms with van der Waals surface area (Å²) in [7, 11) is 1.52. The second-order valence-corrected chi connectivity index (χ2v) is 4.32. The molecule has 0 bridgehead atoms. The van der Waals surface area contributed by atoms with Crippen molar-refractivity contribution in [2.45, 2.75) is 6.04 Å². The summed E-state index contributed by atoms with van der Waals surface area (Å²) in [6.45, 7) is 0.0993. The molecule has 1 atom stereocenters. The topological polar surface area (TPSA) is 67.9 Å². The van der Waals surface area contributed by atoms with Gasteiger partial charge in [0.2, 0.25) is 0 Å². The SMILES string of the molecule is C#CCN1C(=O)N=C(N)C1c1c(Cl)cccc1OC. The molecule has 98 valence electrons. The summed E-state index contributed by atoms with van der Waals surface area (Å²) in [6, 6.07) is 4.13. The summed E-state index contributed by atoms with van der Waals surface area (Å²) in [5.41, 5.74) is 6.41. The van der Waals surface area contributed by atoms with Crippen molar-refractivity contribution in [1.29, 1.82) is 0 Å². The standard InChI is InChI=1S/C13H12ClN3O2/c1-3-7-17-11(12(15)16-13(17)18)10-8(14)5-4-6-9(10)19-2/h1,4-6,11H,7H2,2H3,(H2,15,16,18). The van der Waals surface area contributed by atoms with E-state index in [2.05, 4.69) is 10.9 Å². The molecular formula is C13H12ClN3O2. The fraction of sp³-hybridized carbons (Fsp3) is 0.231. The molecule has 1 aromatic rings. The maximum atomic E-state index is 11.7. The number of carbonyl (C=O) groups excluding carboxylic acids is 1. The molecule has 5 nitrogen and oxygen atoms in total. The molecule has 0 saturated heterocycles. The van der Waals surface area contributed by atoms with Crippen LogP contribution < -0.4 is 10.5 Å². The average Bonchev–Trinajstić information content (AvgIpc) is 2.65. The molecule has 0 spiro atoms. The number of benzene rings is 1. The molecule has 1 aromatic carbocycles. The lowest BCUT2D eigenvalue weighted by Crippen LogP contribution is -2.34. The lowest BCUT2D eigenvalue weighted by Gasteiger charge is -2.24. The number of methoxy groups -OCH3 is 1. The number of rotatable bonds is 3. The van der Waals surface area contributed by atoms with Crippen molar-refractivity contribution in [3.63, 3.8) is 0 Å². The van der Waals surface area contributed by atoms with Gasteiger partial charge in [-0.2, -0.15) is 4.99 Å². The summed E-state index contributed by atoms with van der Waals surface area (Å²) < 4.78 is 5.26. The number of hydrogen-bond donors (Lipinski definition) is 1. The third-order valence-corrected chi connectivity index (χ3v) is 3.16. The minimum atomic E-state index is -0.591. The van der Waals surface area contributed by atoms with Crippen LogP contribution in [0.3, 0.4) is 0 Å². The highest BCUT2D eigenvalue weighted by molar-refractivity contribution is 6.32. The first kappa shape index (κ1) is 13.2.